The van der Waals surface area contributed by atoms with Crippen LogP contribution in [0.3, 0.4) is 0 Å². The molecule has 1 aromatic rings. The Balaban J connectivity index is 1.53. The van der Waals surface area contributed by atoms with E-state index >= 15 is 0 Å². The van der Waals surface area contributed by atoms with Crippen LogP contribution in [-0.2, 0) is 25.7 Å². The molecule has 0 spiro atoms. The number of carbonyl (C=O) groups is 1. The molecule has 2 aliphatic heterocycles. The maximum absolute atomic E-state index is 12.2. The maximum atomic E-state index is 12.2. The van der Waals surface area contributed by atoms with E-state index in [1.165, 1.54) is 4.90 Å². The van der Waals surface area contributed by atoms with Crippen molar-refractivity contribution in [3.05, 3.63) is 18.0 Å². The molecule has 0 radical (unpaired) electrons. The molecule has 1 fully saturated rings. The third kappa shape index (κ3) is 5.70. The van der Waals surface area contributed by atoms with Crippen molar-refractivity contribution in [3.8, 4) is 0 Å². The van der Waals surface area contributed by atoms with Crippen LogP contribution in [0.2, 0.25) is 18.1 Å². The summed E-state index contributed by atoms with van der Waals surface area (Å²) in [5.74, 6) is 0. The fourth-order valence-electron chi connectivity index (χ4n) is 3.05. The Morgan fingerprint density at radius 1 is 1.35 bits per heavy atom. The summed E-state index contributed by atoms with van der Waals surface area (Å²) in [7, 11) is -6.56. The molecule has 2 N–H and O–H groups in total. The second kappa shape index (κ2) is 8.59. The highest BCUT2D eigenvalue weighted by Gasteiger charge is 2.43. The van der Waals surface area contributed by atoms with Crippen molar-refractivity contribution in [2.24, 2.45) is 0 Å². The zero-order chi connectivity index (χ0) is 23.0. The lowest BCUT2D eigenvalue weighted by atomic mass is 10.2. The van der Waals surface area contributed by atoms with E-state index in [0.29, 0.717) is 30.5 Å². The predicted octanol–water partition coefficient (Wildman–Crippen LogP) is 1.08. The molecular weight excluding hydrogens is 444 g/mol. The Morgan fingerprint density at radius 2 is 2.06 bits per heavy atom. The molecular formula is C17H30N6O6SSi. The quantitative estimate of drug-likeness (QED) is 0.306. The zero-order valence-corrected chi connectivity index (χ0v) is 20.2. The largest absolute Gasteiger partial charge is 0.418 e. The van der Waals surface area contributed by atoms with Crippen LogP contribution in [0.1, 0.15) is 26.5 Å². The standard InChI is InChI=1S/C17H30N6O6SSi/c1-17(2,3)31(4,5)28-7-6-18-9-13-10-22(20-19-13)14-8-15-12-21(11-14)16(24)23(15)29-30(25,26)27/h8,10,15,18H,6-7,9,11-12H2,1-5H3,(H,25,26,27). The number of nitrogens with one attached hydrogen (secondary N) is 1. The third-order valence-electron chi connectivity index (χ3n) is 5.77. The Kier molecular flexibility index (Phi) is 6.60. The number of hydrogen-bond donors (Lipinski definition) is 2. The molecule has 0 aliphatic carbocycles. The van der Waals surface area contributed by atoms with Gasteiger partial charge >= 0.3 is 16.4 Å². The van der Waals surface area contributed by atoms with Crippen LogP contribution in [0.15, 0.2) is 12.3 Å². The summed E-state index contributed by atoms with van der Waals surface area (Å²) >= 11 is 0. The molecule has 14 heteroatoms. The number of hydrogen-bond acceptors (Lipinski definition) is 8. The van der Waals surface area contributed by atoms with Crippen LogP contribution in [0.5, 0.6) is 0 Å². The van der Waals surface area contributed by atoms with Crippen LogP contribution in [0, 0.1) is 0 Å². The first kappa shape index (κ1) is 23.8. The SMILES string of the molecule is CC(C)(C)[Si](C)(C)OCCNCc1cn(C2=CC3CN(C2)C(=O)N3OS(=O)(=O)O)nn1. The lowest BCUT2D eigenvalue weighted by Crippen LogP contribution is -2.42. The number of rotatable bonds is 9. The molecule has 31 heavy (non-hydrogen) atoms. The molecule has 0 aromatic carbocycles. The van der Waals surface area contributed by atoms with Crippen LogP contribution in [-0.4, -0.2) is 84.6 Å². The predicted molar refractivity (Wildman–Crippen MR) is 114 cm³/mol. The maximum Gasteiger partial charge on any atom is 0.418 e. The minimum absolute atomic E-state index is 0.169. The second-order valence-corrected chi connectivity index (χ2v) is 15.0. The monoisotopic (exact) mass is 474 g/mol. The van der Waals surface area contributed by atoms with E-state index in [1.54, 1.807) is 17.0 Å². The number of fused-ring (bicyclic) bond motifs is 2. The molecule has 3 rings (SSSR count). The summed E-state index contributed by atoms with van der Waals surface area (Å²) in [5.41, 5.74) is 1.38. The minimum atomic E-state index is -4.79. The van der Waals surface area contributed by atoms with Crippen molar-refractivity contribution in [3.63, 3.8) is 0 Å². The van der Waals surface area contributed by atoms with Gasteiger partial charge in [-0.25, -0.2) is 9.48 Å². The summed E-state index contributed by atoms with van der Waals surface area (Å²) in [6, 6.07) is -1.30. The van der Waals surface area contributed by atoms with Crippen molar-refractivity contribution in [1.82, 2.24) is 30.3 Å². The van der Waals surface area contributed by atoms with Gasteiger partial charge in [0.1, 0.15) is 6.04 Å². The van der Waals surface area contributed by atoms with Gasteiger partial charge in [0, 0.05) is 26.2 Å². The van der Waals surface area contributed by atoms with Crippen LogP contribution < -0.4 is 5.32 Å². The van der Waals surface area contributed by atoms with Crippen LogP contribution in [0.25, 0.3) is 5.70 Å². The Morgan fingerprint density at radius 3 is 2.71 bits per heavy atom. The second-order valence-electron chi connectivity index (χ2n) is 9.16. The van der Waals surface area contributed by atoms with Gasteiger partial charge < -0.3 is 14.6 Å². The van der Waals surface area contributed by atoms with Gasteiger partial charge in [0.05, 0.1) is 24.1 Å². The number of carbonyl (C=O) groups excluding carboxylic acids is 1. The fourth-order valence-corrected chi connectivity index (χ4v) is 4.47. The van der Waals surface area contributed by atoms with E-state index in [2.05, 4.69) is 53.8 Å². The Labute approximate surface area is 183 Å². The molecule has 0 saturated carbocycles. The summed E-state index contributed by atoms with van der Waals surface area (Å²) in [4.78, 5) is 13.6. The molecule has 3 heterocycles. The van der Waals surface area contributed by atoms with Crippen molar-refractivity contribution in [1.29, 1.82) is 0 Å². The zero-order valence-electron chi connectivity index (χ0n) is 18.4. The van der Waals surface area contributed by atoms with Crippen molar-refractivity contribution in [2.45, 2.75) is 51.5 Å². The number of aromatic nitrogens is 3. The highest BCUT2D eigenvalue weighted by Crippen LogP contribution is 2.36. The van der Waals surface area contributed by atoms with Gasteiger partial charge in [0.15, 0.2) is 8.32 Å². The average Bonchev–Trinajstić information content (AvgIpc) is 3.19. The van der Waals surface area contributed by atoms with Crippen molar-refractivity contribution < 1.29 is 26.5 Å². The summed E-state index contributed by atoms with van der Waals surface area (Å²) in [5, 5.41) is 12.3. The first-order chi connectivity index (χ1) is 14.3. The van der Waals surface area contributed by atoms with Gasteiger partial charge in [-0.3, -0.25) is 4.55 Å². The summed E-state index contributed by atoms with van der Waals surface area (Å²) < 4.78 is 42.9. The normalized spacial score (nSPS) is 19.9. The lowest BCUT2D eigenvalue weighted by molar-refractivity contribution is -0.0183. The molecule has 12 nitrogen and oxygen atoms in total. The molecule has 1 saturated heterocycles. The summed E-state index contributed by atoms with van der Waals surface area (Å²) in [6.45, 7) is 13.3. The Hall–Kier alpha value is -1.84. The molecule has 174 valence electrons. The average molecular weight is 475 g/mol. The number of urea groups is 1. The van der Waals surface area contributed by atoms with E-state index < -0.39 is 30.8 Å². The van der Waals surface area contributed by atoms with Crippen LogP contribution in [0.4, 0.5) is 4.79 Å². The van der Waals surface area contributed by atoms with Crippen molar-refractivity contribution >= 4 is 30.4 Å². The molecule has 2 aliphatic rings. The van der Waals surface area contributed by atoms with E-state index in [9.17, 15) is 13.2 Å². The summed E-state index contributed by atoms with van der Waals surface area (Å²) in [6.07, 6.45) is 3.42. The molecule has 1 atom stereocenters. The first-order valence-corrected chi connectivity index (χ1v) is 14.3. The Bertz CT molecular complexity index is 957. The molecule has 2 bridgehead atoms. The van der Waals surface area contributed by atoms with Gasteiger partial charge in [0.25, 0.3) is 0 Å². The third-order valence-corrected chi connectivity index (χ3v) is 10.7. The number of hydroxylamine groups is 2. The van der Waals surface area contributed by atoms with E-state index in [-0.39, 0.29) is 18.1 Å². The highest BCUT2D eigenvalue weighted by molar-refractivity contribution is 7.80. The topological polar surface area (TPSA) is 139 Å². The van der Waals surface area contributed by atoms with Gasteiger partial charge in [-0.1, -0.05) is 26.0 Å². The van der Waals surface area contributed by atoms with E-state index in [4.69, 9.17) is 8.98 Å². The van der Waals surface area contributed by atoms with Crippen molar-refractivity contribution in [2.75, 3.05) is 26.2 Å². The molecule has 1 aromatic heterocycles. The number of nitrogens with zero attached hydrogens (tertiary/aromatic N) is 5. The van der Waals surface area contributed by atoms with Gasteiger partial charge in [-0.2, -0.15) is 13.5 Å². The first-order valence-electron chi connectivity index (χ1n) is 9.99. The molecule has 2 amide bonds. The number of amides is 2. The minimum Gasteiger partial charge on any atom is -0.416 e. The molecule has 1 unspecified atom stereocenters. The fraction of sp³-hybridized carbons (Fsp3) is 0.706. The van der Waals surface area contributed by atoms with Crippen LogP contribution >= 0.6 is 0 Å². The van der Waals surface area contributed by atoms with E-state index in [1.807, 2.05) is 0 Å². The van der Waals surface area contributed by atoms with Gasteiger partial charge in [0.2, 0.25) is 0 Å². The van der Waals surface area contributed by atoms with E-state index in [0.717, 1.165) is 5.69 Å². The smallest absolute Gasteiger partial charge is 0.416 e. The van der Waals surface area contributed by atoms with Gasteiger partial charge in [-0.05, 0) is 24.2 Å². The highest BCUT2D eigenvalue weighted by atomic mass is 32.3. The lowest BCUT2D eigenvalue weighted by Gasteiger charge is -2.36. The van der Waals surface area contributed by atoms with Gasteiger partial charge in [-0.15, -0.1) is 9.38 Å².